The first-order valence-corrected chi connectivity index (χ1v) is 6.72. The Balaban J connectivity index is 2.24. The molecule has 2 rings (SSSR count). The Morgan fingerprint density at radius 3 is 2.35 bits per heavy atom. The van der Waals surface area contributed by atoms with Crippen molar-refractivity contribution in [2.45, 2.75) is 32.8 Å². The zero-order chi connectivity index (χ0) is 14.6. The molecular formula is C18H19NO. The Morgan fingerprint density at radius 2 is 1.75 bits per heavy atom. The third-order valence-electron chi connectivity index (χ3n) is 3.21. The van der Waals surface area contributed by atoms with Crippen LogP contribution in [0.5, 0.6) is 5.75 Å². The highest BCUT2D eigenvalue weighted by Crippen LogP contribution is 2.28. The number of hydrogen-bond acceptors (Lipinski definition) is 2. The third kappa shape index (κ3) is 3.39. The van der Waals surface area contributed by atoms with E-state index in [0.717, 1.165) is 5.56 Å². The Morgan fingerprint density at radius 1 is 1.05 bits per heavy atom. The van der Waals surface area contributed by atoms with E-state index in [0.29, 0.717) is 17.9 Å². The first-order chi connectivity index (χ1) is 9.50. The summed E-state index contributed by atoms with van der Waals surface area (Å²) in [5.74, 6) is 0.656. The summed E-state index contributed by atoms with van der Waals surface area (Å²) in [4.78, 5) is 0. The van der Waals surface area contributed by atoms with Gasteiger partial charge in [-0.15, -0.1) is 0 Å². The van der Waals surface area contributed by atoms with Crippen LogP contribution < -0.4 is 4.74 Å². The molecule has 2 aromatic carbocycles. The van der Waals surface area contributed by atoms with Crippen LogP contribution in [0.4, 0.5) is 0 Å². The topological polar surface area (TPSA) is 33.0 Å². The van der Waals surface area contributed by atoms with Crippen molar-refractivity contribution in [2.75, 3.05) is 0 Å². The molecule has 2 nitrogen and oxygen atoms in total. The minimum absolute atomic E-state index is 0.0405. The Hall–Kier alpha value is -2.27. The van der Waals surface area contributed by atoms with Crippen molar-refractivity contribution >= 4 is 0 Å². The van der Waals surface area contributed by atoms with Gasteiger partial charge in [0.2, 0.25) is 0 Å². The maximum absolute atomic E-state index is 9.18. The Bertz CT molecular complexity index is 618. The van der Waals surface area contributed by atoms with Gasteiger partial charge in [0.15, 0.2) is 0 Å². The summed E-state index contributed by atoms with van der Waals surface area (Å²) in [6.45, 7) is 6.92. The number of benzene rings is 2. The van der Waals surface area contributed by atoms with Crippen LogP contribution in [-0.2, 0) is 12.0 Å². The monoisotopic (exact) mass is 265 g/mol. The maximum Gasteiger partial charge on any atom is 0.137 e. The maximum atomic E-state index is 9.18. The van der Waals surface area contributed by atoms with Gasteiger partial charge in [-0.3, -0.25) is 0 Å². The molecule has 0 radical (unpaired) electrons. The lowest BCUT2D eigenvalue weighted by Gasteiger charge is -2.20. The highest BCUT2D eigenvalue weighted by atomic mass is 16.5. The van der Waals surface area contributed by atoms with E-state index in [1.165, 1.54) is 5.56 Å². The average Bonchev–Trinajstić information content (AvgIpc) is 2.45. The summed E-state index contributed by atoms with van der Waals surface area (Å²) in [7, 11) is 0. The highest BCUT2D eigenvalue weighted by Gasteiger charge is 2.16. The molecule has 0 fully saturated rings. The predicted octanol–water partition coefficient (Wildman–Crippen LogP) is 4.43. The van der Waals surface area contributed by atoms with E-state index in [2.05, 4.69) is 26.8 Å². The first-order valence-electron chi connectivity index (χ1n) is 6.72. The molecule has 0 atom stereocenters. The van der Waals surface area contributed by atoms with Gasteiger partial charge in [0.05, 0.1) is 5.56 Å². The van der Waals surface area contributed by atoms with E-state index in [-0.39, 0.29) is 5.41 Å². The third-order valence-corrected chi connectivity index (χ3v) is 3.21. The second-order valence-corrected chi connectivity index (χ2v) is 5.85. The molecule has 0 saturated heterocycles. The molecule has 2 aromatic rings. The minimum atomic E-state index is 0.0405. The molecule has 20 heavy (non-hydrogen) atoms. The van der Waals surface area contributed by atoms with Gasteiger partial charge in [-0.1, -0.05) is 57.2 Å². The van der Waals surface area contributed by atoms with Crippen molar-refractivity contribution in [2.24, 2.45) is 0 Å². The van der Waals surface area contributed by atoms with Gasteiger partial charge in [-0.2, -0.15) is 5.26 Å². The van der Waals surface area contributed by atoms with Crippen molar-refractivity contribution in [3.8, 4) is 11.8 Å². The molecule has 0 spiro atoms. The second kappa shape index (κ2) is 5.79. The molecule has 0 aliphatic heterocycles. The van der Waals surface area contributed by atoms with Crippen LogP contribution in [0.15, 0.2) is 48.5 Å². The molecule has 0 N–H and O–H groups in total. The lowest BCUT2D eigenvalue weighted by molar-refractivity contribution is 0.304. The quantitative estimate of drug-likeness (QED) is 0.822. The summed E-state index contributed by atoms with van der Waals surface area (Å²) < 4.78 is 5.83. The fourth-order valence-electron chi connectivity index (χ4n) is 1.94. The summed E-state index contributed by atoms with van der Waals surface area (Å²) in [6.07, 6.45) is 0. The predicted molar refractivity (Wildman–Crippen MR) is 80.6 cm³/mol. The number of ether oxygens (including phenoxy) is 1. The largest absolute Gasteiger partial charge is 0.488 e. The molecule has 0 heterocycles. The summed E-state index contributed by atoms with van der Waals surface area (Å²) in [5, 5.41) is 9.18. The molecule has 0 unspecified atom stereocenters. The molecule has 0 aliphatic carbocycles. The summed E-state index contributed by atoms with van der Waals surface area (Å²) >= 11 is 0. The lowest BCUT2D eigenvalue weighted by Crippen LogP contribution is -2.11. The minimum Gasteiger partial charge on any atom is -0.488 e. The van der Waals surface area contributed by atoms with Gasteiger partial charge in [-0.25, -0.2) is 0 Å². The molecule has 0 amide bonds. The normalized spacial score (nSPS) is 10.9. The lowest BCUT2D eigenvalue weighted by atomic mass is 9.86. The summed E-state index contributed by atoms with van der Waals surface area (Å²) in [5.41, 5.74) is 2.88. The van der Waals surface area contributed by atoms with Crippen molar-refractivity contribution in [3.05, 3.63) is 65.2 Å². The van der Waals surface area contributed by atoms with E-state index in [1.54, 1.807) is 0 Å². The van der Waals surface area contributed by atoms with Crippen LogP contribution in [0, 0.1) is 11.3 Å². The van der Waals surface area contributed by atoms with Crippen LogP contribution in [0.25, 0.3) is 0 Å². The van der Waals surface area contributed by atoms with Gasteiger partial charge in [-0.05, 0) is 28.7 Å². The molecule has 0 bridgehead atoms. The van der Waals surface area contributed by atoms with Gasteiger partial charge in [0.1, 0.15) is 18.4 Å². The van der Waals surface area contributed by atoms with E-state index in [4.69, 9.17) is 4.74 Å². The van der Waals surface area contributed by atoms with Crippen LogP contribution in [0.1, 0.15) is 37.5 Å². The first kappa shape index (κ1) is 14.1. The fourth-order valence-corrected chi connectivity index (χ4v) is 1.94. The van der Waals surface area contributed by atoms with Gasteiger partial charge in [0, 0.05) is 0 Å². The van der Waals surface area contributed by atoms with Crippen molar-refractivity contribution in [3.63, 3.8) is 0 Å². The number of nitriles is 1. The number of rotatable bonds is 3. The van der Waals surface area contributed by atoms with Crippen LogP contribution >= 0.6 is 0 Å². The molecule has 0 aromatic heterocycles. The molecule has 102 valence electrons. The second-order valence-electron chi connectivity index (χ2n) is 5.85. The van der Waals surface area contributed by atoms with Gasteiger partial charge < -0.3 is 4.74 Å². The van der Waals surface area contributed by atoms with E-state index < -0.39 is 0 Å². The molecular weight excluding hydrogens is 246 g/mol. The van der Waals surface area contributed by atoms with Crippen LogP contribution in [0.2, 0.25) is 0 Å². The standard InChI is InChI=1S/C18H19NO/c1-18(2,3)16-10-9-15(12-19)17(11-16)20-13-14-7-5-4-6-8-14/h4-11H,13H2,1-3H3. The van der Waals surface area contributed by atoms with Crippen molar-refractivity contribution in [1.29, 1.82) is 5.26 Å². The van der Waals surface area contributed by atoms with Gasteiger partial charge in [0.25, 0.3) is 0 Å². The highest BCUT2D eigenvalue weighted by molar-refractivity contribution is 5.46. The zero-order valence-electron chi connectivity index (χ0n) is 12.2. The molecule has 0 saturated carbocycles. The van der Waals surface area contributed by atoms with Crippen molar-refractivity contribution < 1.29 is 4.74 Å². The number of hydrogen-bond donors (Lipinski definition) is 0. The van der Waals surface area contributed by atoms with Crippen LogP contribution in [0.3, 0.4) is 0 Å². The number of nitrogens with zero attached hydrogens (tertiary/aromatic N) is 1. The molecule has 0 aliphatic rings. The Labute approximate surface area is 120 Å². The van der Waals surface area contributed by atoms with E-state index >= 15 is 0 Å². The van der Waals surface area contributed by atoms with Gasteiger partial charge >= 0.3 is 0 Å². The zero-order valence-corrected chi connectivity index (χ0v) is 12.2. The smallest absolute Gasteiger partial charge is 0.137 e. The molecule has 2 heteroatoms. The Kier molecular flexibility index (Phi) is 4.10. The SMILES string of the molecule is CC(C)(C)c1ccc(C#N)c(OCc2ccccc2)c1. The van der Waals surface area contributed by atoms with E-state index in [1.807, 2.05) is 48.5 Å². The average molecular weight is 265 g/mol. The van der Waals surface area contributed by atoms with Crippen molar-refractivity contribution in [1.82, 2.24) is 0 Å². The fraction of sp³-hybridized carbons (Fsp3) is 0.278. The van der Waals surface area contributed by atoms with Crippen LogP contribution in [-0.4, -0.2) is 0 Å². The van der Waals surface area contributed by atoms with E-state index in [9.17, 15) is 5.26 Å². The summed E-state index contributed by atoms with van der Waals surface area (Å²) in [6, 6.07) is 18.0.